The van der Waals surface area contributed by atoms with Gasteiger partial charge in [0.2, 0.25) is 0 Å². The monoisotopic (exact) mass is 198 g/mol. The number of unbranched alkanes of at least 4 members (excludes halogenated alkanes) is 3. The van der Waals surface area contributed by atoms with E-state index >= 15 is 0 Å². The third-order valence-corrected chi connectivity index (χ3v) is 2.41. The maximum atomic E-state index is 5.82. The molecule has 0 aliphatic carbocycles. The summed E-state index contributed by atoms with van der Waals surface area (Å²) in [6, 6.07) is 0. The Bertz CT molecular complexity index is 120. The molecule has 0 aliphatic rings. The van der Waals surface area contributed by atoms with Crippen molar-refractivity contribution in [1.82, 2.24) is 0 Å². The molecule has 0 aromatic carbocycles. The third-order valence-electron chi connectivity index (χ3n) is 2.41. The lowest BCUT2D eigenvalue weighted by molar-refractivity contribution is 0.0457. The second-order valence-corrected chi connectivity index (χ2v) is 3.87. The second kappa shape index (κ2) is 10.8. The molecule has 0 aromatic rings. The summed E-state index contributed by atoms with van der Waals surface area (Å²) in [5, 5.41) is 0. The Morgan fingerprint density at radius 1 is 1.14 bits per heavy atom. The lowest BCUT2D eigenvalue weighted by atomic mass is 10.1. The highest BCUT2D eigenvalue weighted by molar-refractivity contribution is 4.73. The van der Waals surface area contributed by atoms with Gasteiger partial charge in [0.05, 0.1) is 6.10 Å². The standard InChI is InChI=1S/C13H26O/c1-4-7-9-12-14-13(10-6-3)11-8-5-2/h6,13H,3-5,7-12H2,1-2H3. The summed E-state index contributed by atoms with van der Waals surface area (Å²) in [4.78, 5) is 0. The van der Waals surface area contributed by atoms with E-state index in [1.807, 2.05) is 6.08 Å². The van der Waals surface area contributed by atoms with Crippen LogP contribution in [0.1, 0.15) is 58.8 Å². The zero-order valence-electron chi connectivity index (χ0n) is 9.93. The predicted molar refractivity (Wildman–Crippen MR) is 63.6 cm³/mol. The van der Waals surface area contributed by atoms with Crippen LogP contribution in [0.4, 0.5) is 0 Å². The Kier molecular flexibility index (Phi) is 10.5. The van der Waals surface area contributed by atoms with Gasteiger partial charge in [0.15, 0.2) is 0 Å². The zero-order chi connectivity index (χ0) is 10.6. The molecule has 0 fully saturated rings. The van der Waals surface area contributed by atoms with Gasteiger partial charge in [-0.1, -0.05) is 45.6 Å². The van der Waals surface area contributed by atoms with Crippen LogP contribution in [0, 0.1) is 0 Å². The summed E-state index contributed by atoms with van der Waals surface area (Å²) < 4.78 is 5.82. The number of ether oxygens (including phenoxy) is 1. The van der Waals surface area contributed by atoms with E-state index in [4.69, 9.17) is 4.74 Å². The van der Waals surface area contributed by atoms with Crippen molar-refractivity contribution in [1.29, 1.82) is 0 Å². The summed E-state index contributed by atoms with van der Waals surface area (Å²) in [5.41, 5.74) is 0. The molecule has 1 nitrogen and oxygen atoms in total. The fourth-order valence-corrected chi connectivity index (χ4v) is 1.49. The van der Waals surface area contributed by atoms with Gasteiger partial charge in [-0.2, -0.15) is 0 Å². The van der Waals surface area contributed by atoms with Crippen molar-refractivity contribution in [3.63, 3.8) is 0 Å². The van der Waals surface area contributed by atoms with Crippen LogP contribution in [0.3, 0.4) is 0 Å². The van der Waals surface area contributed by atoms with E-state index in [0.717, 1.165) is 13.0 Å². The van der Waals surface area contributed by atoms with Crippen molar-refractivity contribution >= 4 is 0 Å². The SMILES string of the molecule is C=CCC(CCCC)OCCCCC. The van der Waals surface area contributed by atoms with E-state index in [1.165, 1.54) is 38.5 Å². The third kappa shape index (κ3) is 8.31. The van der Waals surface area contributed by atoms with Gasteiger partial charge in [-0.3, -0.25) is 0 Å². The van der Waals surface area contributed by atoms with Crippen molar-refractivity contribution in [2.24, 2.45) is 0 Å². The van der Waals surface area contributed by atoms with E-state index in [9.17, 15) is 0 Å². The van der Waals surface area contributed by atoms with Crippen molar-refractivity contribution < 1.29 is 4.74 Å². The number of hydrogen-bond donors (Lipinski definition) is 0. The Morgan fingerprint density at radius 2 is 1.86 bits per heavy atom. The Balaban J connectivity index is 3.45. The molecule has 0 spiro atoms. The zero-order valence-corrected chi connectivity index (χ0v) is 9.93. The minimum absolute atomic E-state index is 0.421. The van der Waals surface area contributed by atoms with Gasteiger partial charge in [-0.05, 0) is 19.3 Å². The normalized spacial score (nSPS) is 12.7. The summed E-state index contributed by atoms with van der Waals surface area (Å²) in [7, 11) is 0. The van der Waals surface area contributed by atoms with Crippen LogP contribution in [-0.2, 0) is 4.74 Å². The Morgan fingerprint density at radius 3 is 2.43 bits per heavy atom. The maximum Gasteiger partial charge on any atom is 0.0609 e. The Hall–Kier alpha value is -0.300. The molecule has 0 saturated heterocycles. The van der Waals surface area contributed by atoms with Crippen LogP contribution >= 0.6 is 0 Å². The fourth-order valence-electron chi connectivity index (χ4n) is 1.49. The largest absolute Gasteiger partial charge is 0.378 e. The first-order valence-corrected chi connectivity index (χ1v) is 6.07. The van der Waals surface area contributed by atoms with E-state index < -0.39 is 0 Å². The van der Waals surface area contributed by atoms with Crippen LogP contribution < -0.4 is 0 Å². The molecule has 1 unspecified atom stereocenters. The molecule has 84 valence electrons. The molecule has 0 amide bonds. The van der Waals surface area contributed by atoms with Gasteiger partial charge in [0.25, 0.3) is 0 Å². The molecule has 0 aliphatic heterocycles. The molecule has 1 heteroatoms. The van der Waals surface area contributed by atoms with E-state index in [0.29, 0.717) is 6.10 Å². The highest BCUT2D eigenvalue weighted by Crippen LogP contribution is 2.10. The van der Waals surface area contributed by atoms with Crippen molar-refractivity contribution in [2.75, 3.05) is 6.61 Å². The minimum atomic E-state index is 0.421. The van der Waals surface area contributed by atoms with Crippen LogP contribution in [0.5, 0.6) is 0 Å². The maximum absolute atomic E-state index is 5.82. The van der Waals surface area contributed by atoms with Crippen molar-refractivity contribution in [2.45, 2.75) is 64.9 Å². The molecular formula is C13H26O. The summed E-state index contributed by atoms with van der Waals surface area (Å²) in [6.07, 6.45) is 10.9. The van der Waals surface area contributed by atoms with Gasteiger partial charge < -0.3 is 4.74 Å². The topological polar surface area (TPSA) is 9.23 Å². The average molecular weight is 198 g/mol. The minimum Gasteiger partial charge on any atom is -0.378 e. The van der Waals surface area contributed by atoms with Crippen LogP contribution in [0.15, 0.2) is 12.7 Å². The molecule has 0 bridgehead atoms. The molecule has 14 heavy (non-hydrogen) atoms. The summed E-state index contributed by atoms with van der Waals surface area (Å²) in [5.74, 6) is 0. The van der Waals surface area contributed by atoms with Gasteiger partial charge in [0.1, 0.15) is 0 Å². The van der Waals surface area contributed by atoms with Crippen molar-refractivity contribution in [3.05, 3.63) is 12.7 Å². The molecule has 0 saturated carbocycles. The van der Waals surface area contributed by atoms with Gasteiger partial charge in [-0.15, -0.1) is 6.58 Å². The lowest BCUT2D eigenvalue weighted by Crippen LogP contribution is -2.12. The highest BCUT2D eigenvalue weighted by atomic mass is 16.5. The van der Waals surface area contributed by atoms with Crippen LogP contribution in [0.2, 0.25) is 0 Å². The van der Waals surface area contributed by atoms with E-state index in [2.05, 4.69) is 20.4 Å². The van der Waals surface area contributed by atoms with Crippen molar-refractivity contribution in [3.8, 4) is 0 Å². The second-order valence-electron chi connectivity index (χ2n) is 3.87. The number of rotatable bonds is 10. The molecule has 0 rings (SSSR count). The molecule has 0 radical (unpaired) electrons. The van der Waals surface area contributed by atoms with Gasteiger partial charge >= 0.3 is 0 Å². The molecule has 0 N–H and O–H groups in total. The first kappa shape index (κ1) is 13.7. The van der Waals surface area contributed by atoms with Gasteiger partial charge in [0, 0.05) is 6.61 Å². The molecule has 1 atom stereocenters. The molecule has 0 aromatic heterocycles. The lowest BCUT2D eigenvalue weighted by Gasteiger charge is -2.15. The molecule has 0 heterocycles. The highest BCUT2D eigenvalue weighted by Gasteiger charge is 2.05. The summed E-state index contributed by atoms with van der Waals surface area (Å²) >= 11 is 0. The Labute approximate surface area is 89.5 Å². The van der Waals surface area contributed by atoms with Crippen LogP contribution in [-0.4, -0.2) is 12.7 Å². The van der Waals surface area contributed by atoms with Crippen LogP contribution in [0.25, 0.3) is 0 Å². The van der Waals surface area contributed by atoms with E-state index in [1.54, 1.807) is 0 Å². The first-order chi connectivity index (χ1) is 6.85. The summed E-state index contributed by atoms with van der Waals surface area (Å²) in [6.45, 7) is 9.14. The fraction of sp³-hybridized carbons (Fsp3) is 0.846. The van der Waals surface area contributed by atoms with Gasteiger partial charge in [-0.25, -0.2) is 0 Å². The predicted octanol–water partition coefficient (Wildman–Crippen LogP) is 4.33. The smallest absolute Gasteiger partial charge is 0.0609 e. The average Bonchev–Trinajstić information content (AvgIpc) is 2.20. The first-order valence-electron chi connectivity index (χ1n) is 6.07. The quantitative estimate of drug-likeness (QED) is 0.375. The number of hydrogen-bond acceptors (Lipinski definition) is 1. The van der Waals surface area contributed by atoms with E-state index in [-0.39, 0.29) is 0 Å². The molecular weight excluding hydrogens is 172 g/mol.